The molecule has 1 fully saturated rings. The molecule has 0 atom stereocenters. The number of hydrogen-bond acceptors (Lipinski definition) is 3. The van der Waals surface area contributed by atoms with E-state index < -0.39 is 10.0 Å². The average Bonchev–Trinajstić information content (AvgIpc) is 3.13. The summed E-state index contributed by atoms with van der Waals surface area (Å²) < 4.78 is 26.5. The van der Waals surface area contributed by atoms with Crippen LogP contribution in [0, 0.1) is 0 Å². The second-order valence-electron chi connectivity index (χ2n) is 4.42. The zero-order chi connectivity index (χ0) is 13.0. The molecule has 1 aliphatic carbocycles. The second kappa shape index (κ2) is 5.54. The van der Waals surface area contributed by atoms with Gasteiger partial charge in [0, 0.05) is 18.3 Å². The molecule has 0 amide bonds. The van der Waals surface area contributed by atoms with Gasteiger partial charge in [0.15, 0.2) is 0 Å². The fourth-order valence-corrected chi connectivity index (χ4v) is 2.86. The molecular weight excluding hydrogens is 248 g/mol. The Hall–Kier alpha value is -1.33. The Bertz CT molecular complexity index is 504. The highest BCUT2D eigenvalue weighted by atomic mass is 32.2. The van der Waals surface area contributed by atoms with Gasteiger partial charge in [0.2, 0.25) is 10.0 Å². The first kappa shape index (κ1) is 13.1. The summed E-state index contributed by atoms with van der Waals surface area (Å²) in [6.45, 7) is 4.45. The number of anilines is 1. The molecule has 1 aromatic rings. The van der Waals surface area contributed by atoms with Crippen LogP contribution >= 0.6 is 0 Å². The fraction of sp³-hybridized carbons (Fsp3) is 0.385. The molecule has 0 unspecified atom stereocenters. The van der Waals surface area contributed by atoms with E-state index in [2.05, 4.69) is 16.6 Å². The Labute approximate surface area is 108 Å². The van der Waals surface area contributed by atoms with E-state index in [1.165, 1.54) is 0 Å². The minimum atomic E-state index is -3.33. The van der Waals surface area contributed by atoms with Crippen molar-refractivity contribution in [2.24, 2.45) is 0 Å². The molecule has 0 aromatic heterocycles. The van der Waals surface area contributed by atoms with Gasteiger partial charge in [-0.05, 0) is 43.5 Å². The Morgan fingerprint density at radius 2 is 1.94 bits per heavy atom. The molecule has 2 rings (SSSR count). The average molecular weight is 266 g/mol. The molecular formula is C13H18N2O2S. The summed E-state index contributed by atoms with van der Waals surface area (Å²) in [5.41, 5.74) is 0.919. The summed E-state index contributed by atoms with van der Waals surface area (Å²) in [5, 5.41) is 3.19. The van der Waals surface area contributed by atoms with Crippen LogP contribution in [0.5, 0.6) is 0 Å². The molecule has 1 aromatic carbocycles. The van der Waals surface area contributed by atoms with E-state index in [0.717, 1.165) is 31.5 Å². The molecule has 5 heteroatoms. The predicted octanol–water partition coefficient (Wildman–Crippen LogP) is 2.12. The van der Waals surface area contributed by atoms with Gasteiger partial charge in [-0.1, -0.05) is 6.08 Å². The molecule has 98 valence electrons. The van der Waals surface area contributed by atoms with Gasteiger partial charge in [0.25, 0.3) is 0 Å². The lowest BCUT2D eigenvalue weighted by Crippen LogP contribution is -2.25. The fourth-order valence-electron chi connectivity index (χ4n) is 1.56. The first-order chi connectivity index (χ1) is 8.62. The Morgan fingerprint density at radius 1 is 1.28 bits per heavy atom. The van der Waals surface area contributed by atoms with Crippen molar-refractivity contribution in [1.82, 2.24) is 4.72 Å². The van der Waals surface area contributed by atoms with Crippen LogP contribution in [0.1, 0.15) is 19.3 Å². The van der Waals surface area contributed by atoms with Crippen molar-refractivity contribution in [2.45, 2.75) is 30.2 Å². The highest BCUT2D eigenvalue weighted by Crippen LogP contribution is 2.22. The summed E-state index contributed by atoms with van der Waals surface area (Å²) in [6, 6.07) is 6.96. The van der Waals surface area contributed by atoms with Gasteiger partial charge in [-0.25, -0.2) is 13.1 Å². The van der Waals surface area contributed by atoms with Crippen molar-refractivity contribution in [2.75, 3.05) is 11.9 Å². The van der Waals surface area contributed by atoms with Crippen molar-refractivity contribution >= 4 is 15.7 Å². The third-order valence-electron chi connectivity index (χ3n) is 2.74. The largest absolute Gasteiger partial charge is 0.385 e. The maximum atomic E-state index is 11.9. The first-order valence-electron chi connectivity index (χ1n) is 6.09. The topological polar surface area (TPSA) is 58.2 Å². The molecule has 1 aliphatic rings. The Kier molecular flexibility index (Phi) is 4.04. The van der Waals surface area contributed by atoms with Gasteiger partial charge < -0.3 is 5.32 Å². The first-order valence-corrected chi connectivity index (χ1v) is 7.57. The molecule has 0 heterocycles. The third-order valence-corrected chi connectivity index (χ3v) is 4.28. The van der Waals surface area contributed by atoms with Crippen molar-refractivity contribution < 1.29 is 8.42 Å². The van der Waals surface area contributed by atoms with Gasteiger partial charge >= 0.3 is 0 Å². The van der Waals surface area contributed by atoms with Crippen LogP contribution in [0.15, 0.2) is 41.8 Å². The quantitative estimate of drug-likeness (QED) is 0.587. The molecule has 18 heavy (non-hydrogen) atoms. The van der Waals surface area contributed by atoms with Crippen LogP contribution in [0.3, 0.4) is 0 Å². The molecule has 2 N–H and O–H groups in total. The van der Waals surface area contributed by atoms with Crippen molar-refractivity contribution in [3.63, 3.8) is 0 Å². The lowest BCUT2D eigenvalue weighted by atomic mass is 10.3. The normalized spacial score (nSPS) is 15.3. The van der Waals surface area contributed by atoms with E-state index in [0.29, 0.717) is 4.90 Å². The van der Waals surface area contributed by atoms with E-state index in [9.17, 15) is 8.42 Å². The third kappa shape index (κ3) is 3.58. The molecule has 0 bridgehead atoms. The lowest BCUT2D eigenvalue weighted by Gasteiger charge is -2.08. The monoisotopic (exact) mass is 266 g/mol. The molecule has 4 nitrogen and oxygen atoms in total. The van der Waals surface area contributed by atoms with Crippen LogP contribution in [0.4, 0.5) is 5.69 Å². The van der Waals surface area contributed by atoms with Crippen molar-refractivity contribution in [3.05, 3.63) is 36.9 Å². The molecule has 0 radical (unpaired) electrons. The summed E-state index contributed by atoms with van der Waals surface area (Å²) in [6.07, 6.45) is 4.61. The molecule has 0 saturated heterocycles. The van der Waals surface area contributed by atoms with Gasteiger partial charge in [-0.3, -0.25) is 0 Å². The zero-order valence-electron chi connectivity index (χ0n) is 10.2. The van der Waals surface area contributed by atoms with E-state index in [-0.39, 0.29) is 6.04 Å². The van der Waals surface area contributed by atoms with Crippen LogP contribution < -0.4 is 10.0 Å². The zero-order valence-corrected chi connectivity index (χ0v) is 11.0. The van der Waals surface area contributed by atoms with E-state index in [1.807, 2.05) is 6.08 Å². The van der Waals surface area contributed by atoms with E-state index in [1.54, 1.807) is 24.3 Å². The number of nitrogens with one attached hydrogen (secondary N) is 2. The molecule has 0 spiro atoms. The standard InChI is InChI=1S/C13H18N2O2S/c1-2-3-10-14-11-6-8-13(9-7-11)18(16,17)15-12-4-5-12/h2,6-9,12,14-15H,1,3-5,10H2. The van der Waals surface area contributed by atoms with Crippen LogP contribution in [0.25, 0.3) is 0 Å². The number of benzene rings is 1. The van der Waals surface area contributed by atoms with Gasteiger partial charge in [-0.15, -0.1) is 6.58 Å². The summed E-state index contributed by atoms with van der Waals surface area (Å²) >= 11 is 0. The van der Waals surface area contributed by atoms with Crippen molar-refractivity contribution in [3.8, 4) is 0 Å². The summed E-state index contributed by atoms with van der Waals surface area (Å²) in [7, 11) is -3.33. The minimum absolute atomic E-state index is 0.139. The summed E-state index contributed by atoms with van der Waals surface area (Å²) in [5.74, 6) is 0. The van der Waals surface area contributed by atoms with Crippen molar-refractivity contribution in [1.29, 1.82) is 0 Å². The number of rotatable bonds is 7. The summed E-state index contributed by atoms with van der Waals surface area (Å²) in [4.78, 5) is 0.323. The van der Waals surface area contributed by atoms with Gasteiger partial charge in [-0.2, -0.15) is 0 Å². The SMILES string of the molecule is C=CCCNc1ccc(S(=O)(=O)NC2CC2)cc1. The van der Waals surface area contributed by atoms with Gasteiger partial charge in [0.1, 0.15) is 0 Å². The number of sulfonamides is 1. The maximum absolute atomic E-state index is 11.9. The predicted molar refractivity (Wildman–Crippen MR) is 73.1 cm³/mol. The van der Waals surface area contributed by atoms with Crippen LogP contribution in [-0.2, 0) is 10.0 Å². The maximum Gasteiger partial charge on any atom is 0.240 e. The second-order valence-corrected chi connectivity index (χ2v) is 6.14. The van der Waals surface area contributed by atoms with E-state index in [4.69, 9.17) is 0 Å². The lowest BCUT2D eigenvalue weighted by molar-refractivity contribution is 0.581. The molecule has 1 saturated carbocycles. The molecule has 0 aliphatic heterocycles. The van der Waals surface area contributed by atoms with Gasteiger partial charge in [0.05, 0.1) is 4.90 Å². The van der Waals surface area contributed by atoms with Crippen LogP contribution in [0.2, 0.25) is 0 Å². The Morgan fingerprint density at radius 3 is 2.50 bits per heavy atom. The number of hydrogen-bond donors (Lipinski definition) is 2. The highest BCUT2D eigenvalue weighted by molar-refractivity contribution is 7.89. The van der Waals surface area contributed by atoms with E-state index >= 15 is 0 Å². The smallest absolute Gasteiger partial charge is 0.240 e. The Balaban J connectivity index is 1.99. The minimum Gasteiger partial charge on any atom is -0.385 e. The highest BCUT2D eigenvalue weighted by Gasteiger charge is 2.27. The van der Waals surface area contributed by atoms with Crippen LogP contribution in [-0.4, -0.2) is 21.0 Å².